The second-order valence-corrected chi connectivity index (χ2v) is 11.8. The van der Waals surface area contributed by atoms with Gasteiger partial charge in [-0.3, -0.25) is 14.4 Å². The maximum absolute atomic E-state index is 13.6. The molecule has 2 unspecified atom stereocenters. The van der Waals surface area contributed by atoms with E-state index in [9.17, 15) is 14.4 Å². The number of rotatable bonds is 11. The van der Waals surface area contributed by atoms with Crippen molar-refractivity contribution in [3.8, 4) is 5.75 Å². The number of nitrogens with zero attached hydrogens (tertiary/aromatic N) is 4. The van der Waals surface area contributed by atoms with Gasteiger partial charge in [-0.2, -0.15) is 4.98 Å². The average Bonchev–Trinajstić information content (AvgIpc) is 3.63. The number of Topliss-reactive ketones (excluding diaryl/α,β-unsaturated/α-hetero) is 1. The van der Waals surface area contributed by atoms with Gasteiger partial charge in [-0.05, 0) is 75.1 Å². The van der Waals surface area contributed by atoms with Gasteiger partial charge in [0, 0.05) is 31.2 Å². The first-order chi connectivity index (χ1) is 20.2. The Bertz CT molecular complexity index is 1460. The lowest BCUT2D eigenvalue weighted by Crippen LogP contribution is -2.52. The second kappa shape index (κ2) is 12.6. The van der Waals surface area contributed by atoms with Crippen LogP contribution in [0.4, 0.5) is 0 Å². The molecule has 224 valence electrons. The summed E-state index contributed by atoms with van der Waals surface area (Å²) in [5, 5.41) is 7.26. The third kappa shape index (κ3) is 6.47. The molecule has 42 heavy (non-hydrogen) atoms. The number of ketones is 1. The van der Waals surface area contributed by atoms with E-state index in [1.54, 1.807) is 4.52 Å². The lowest BCUT2D eigenvalue weighted by molar-refractivity contribution is -0.185. The summed E-state index contributed by atoms with van der Waals surface area (Å²) in [5.74, 6) is 0.339. The van der Waals surface area contributed by atoms with Crippen molar-refractivity contribution in [2.45, 2.75) is 91.1 Å². The molecule has 0 bridgehead atoms. The molecular formula is C32H41N5O5. The number of carbonyl (C=O) groups excluding carboxylic acids is 3. The molecule has 2 fully saturated rings. The number of cyclic esters (lactones) is 1. The van der Waals surface area contributed by atoms with Crippen molar-refractivity contribution in [2.75, 3.05) is 13.2 Å². The molecule has 2 aromatic heterocycles. The molecule has 3 aromatic rings. The molecule has 1 aliphatic heterocycles. The summed E-state index contributed by atoms with van der Waals surface area (Å²) >= 11 is 0. The first kappa shape index (κ1) is 29.7. The van der Waals surface area contributed by atoms with E-state index in [2.05, 4.69) is 33.4 Å². The third-order valence-corrected chi connectivity index (χ3v) is 8.67. The number of carbonyl (C=O) groups is 3. The van der Waals surface area contributed by atoms with Crippen molar-refractivity contribution in [1.82, 2.24) is 24.9 Å². The van der Waals surface area contributed by atoms with Gasteiger partial charge in [-0.15, -0.1) is 5.10 Å². The number of aromatic nitrogens is 4. The molecule has 2 aliphatic rings. The largest absolute Gasteiger partial charge is 0.491 e. The molecule has 1 saturated carbocycles. The summed E-state index contributed by atoms with van der Waals surface area (Å²) in [6, 6.07) is 8.06. The van der Waals surface area contributed by atoms with E-state index in [4.69, 9.17) is 9.47 Å². The summed E-state index contributed by atoms with van der Waals surface area (Å²) in [6.45, 7) is 8.24. The zero-order valence-corrected chi connectivity index (χ0v) is 25.1. The predicted molar refractivity (Wildman–Crippen MR) is 156 cm³/mol. The summed E-state index contributed by atoms with van der Waals surface area (Å²) in [7, 11) is 0. The molecule has 10 nitrogen and oxygen atoms in total. The molecular weight excluding hydrogens is 534 g/mol. The van der Waals surface area contributed by atoms with Crippen LogP contribution in [0.15, 0.2) is 24.3 Å². The van der Waals surface area contributed by atoms with E-state index in [1.165, 1.54) is 6.92 Å². The van der Waals surface area contributed by atoms with Gasteiger partial charge in [0.2, 0.25) is 5.91 Å². The molecule has 1 amide bonds. The normalized spacial score (nSPS) is 21.1. The van der Waals surface area contributed by atoms with Crippen molar-refractivity contribution in [2.24, 2.45) is 11.8 Å². The Morgan fingerprint density at radius 1 is 1.17 bits per heavy atom. The first-order valence-corrected chi connectivity index (χ1v) is 15.1. The Balaban J connectivity index is 1.29. The Kier molecular flexibility index (Phi) is 8.89. The standard InChI is InChI=1S/C32H41N5O5/c1-5-24-17-23(10-11-28(24)41-15-14-33-22(4)38)12-13-32(25-8-6-7-9-25)19-27(39)26(30(40)42-32)18-29-35-31-34-20(2)16-21(3)37(31)36-29/h10-11,16-17,25-26H,5-9,12-15,18-19H2,1-4H3,(H,33,38). The minimum Gasteiger partial charge on any atom is -0.491 e. The minimum atomic E-state index is -0.904. The van der Waals surface area contributed by atoms with Gasteiger partial charge in [0.1, 0.15) is 23.9 Å². The molecule has 0 spiro atoms. The topological polar surface area (TPSA) is 125 Å². The average molecular weight is 576 g/mol. The number of nitrogens with one attached hydrogen (secondary N) is 1. The number of benzene rings is 1. The first-order valence-electron chi connectivity index (χ1n) is 15.1. The van der Waals surface area contributed by atoms with Crippen LogP contribution in [-0.2, 0) is 38.4 Å². The zero-order chi connectivity index (χ0) is 29.9. The van der Waals surface area contributed by atoms with Gasteiger partial charge in [0.15, 0.2) is 11.6 Å². The summed E-state index contributed by atoms with van der Waals surface area (Å²) in [5.41, 5.74) is 3.15. The van der Waals surface area contributed by atoms with Crippen molar-refractivity contribution < 1.29 is 23.9 Å². The van der Waals surface area contributed by atoms with Crippen molar-refractivity contribution in [3.05, 3.63) is 52.6 Å². The Labute approximate surface area is 246 Å². The number of amides is 1. The summed E-state index contributed by atoms with van der Waals surface area (Å²) < 4.78 is 13.9. The highest BCUT2D eigenvalue weighted by Gasteiger charge is 2.51. The zero-order valence-electron chi connectivity index (χ0n) is 25.1. The number of hydrogen-bond donors (Lipinski definition) is 1. The number of fused-ring (bicyclic) bond motifs is 1. The van der Waals surface area contributed by atoms with Gasteiger partial charge >= 0.3 is 5.97 Å². The van der Waals surface area contributed by atoms with Crippen LogP contribution in [0.1, 0.15) is 80.7 Å². The SMILES string of the molecule is CCc1cc(CCC2(C3CCCC3)CC(=O)C(Cc3nc4nc(C)cc(C)n4n3)C(=O)O2)ccc1OCCNC(C)=O. The van der Waals surface area contributed by atoms with Crippen LogP contribution >= 0.6 is 0 Å². The molecule has 1 N–H and O–H groups in total. The number of aryl methyl sites for hydroxylation is 4. The molecule has 3 heterocycles. The summed E-state index contributed by atoms with van der Waals surface area (Å²) in [6.07, 6.45) is 6.54. The molecule has 0 radical (unpaired) electrons. The van der Waals surface area contributed by atoms with E-state index in [0.717, 1.165) is 60.4 Å². The highest BCUT2D eigenvalue weighted by molar-refractivity contribution is 6.01. The predicted octanol–water partition coefficient (Wildman–Crippen LogP) is 4.05. The lowest BCUT2D eigenvalue weighted by atomic mass is 9.73. The highest BCUT2D eigenvalue weighted by atomic mass is 16.6. The van der Waals surface area contributed by atoms with E-state index in [0.29, 0.717) is 37.6 Å². The maximum atomic E-state index is 13.6. The van der Waals surface area contributed by atoms with Crippen LogP contribution in [-0.4, -0.2) is 56.0 Å². The monoisotopic (exact) mass is 575 g/mol. The molecule has 5 rings (SSSR count). The van der Waals surface area contributed by atoms with Crippen LogP contribution in [0.5, 0.6) is 5.75 Å². The van der Waals surface area contributed by atoms with Gasteiger partial charge in [0.05, 0.1) is 6.54 Å². The Hall–Kier alpha value is -3.82. The Morgan fingerprint density at radius 3 is 2.67 bits per heavy atom. The van der Waals surface area contributed by atoms with Crippen LogP contribution in [0, 0.1) is 25.7 Å². The quantitative estimate of drug-likeness (QED) is 0.206. The second-order valence-electron chi connectivity index (χ2n) is 11.8. The third-order valence-electron chi connectivity index (χ3n) is 8.67. The maximum Gasteiger partial charge on any atom is 0.317 e. The van der Waals surface area contributed by atoms with Crippen molar-refractivity contribution in [1.29, 1.82) is 0 Å². The lowest BCUT2D eigenvalue weighted by Gasteiger charge is -2.43. The van der Waals surface area contributed by atoms with Crippen LogP contribution < -0.4 is 10.1 Å². The van der Waals surface area contributed by atoms with Gasteiger partial charge in [-0.1, -0.05) is 31.9 Å². The van der Waals surface area contributed by atoms with E-state index in [-0.39, 0.29) is 30.4 Å². The fourth-order valence-electron chi connectivity index (χ4n) is 6.50. The number of ether oxygens (including phenoxy) is 2. The molecule has 1 saturated heterocycles. The molecule has 2 atom stereocenters. The van der Waals surface area contributed by atoms with Gasteiger partial charge in [-0.25, -0.2) is 9.50 Å². The van der Waals surface area contributed by atoms with Crippen LogP contribution in [0.25, 0.3) is 5.78 Å². The summed E-state index contributed by atoms with van der Waals surface area (Å²) in [4.78, 5) is 47.1. The van der Waals surface area contributed by atoms with Gasteiger partial charge in [0.25, 0.3) is 5.78 Å². The van der Waals surface area contributed by atoms with E-state index < -0.39 is 17.5 Å². The van der Waals surface area contributed by atoms with Crippen molar-refractivity contribution in [3.63, 3.8) is 0 Å². The van der Waals surface area contributed by atoms with E-state index in [1.807, 2.05) is 32.0 Å². The molecule has 1 aromatic carbocycles. The van der Waals surface area contributed by atoms with Crippen LogP contribution in [0.3, 0.4) is 0 Å². The number of esters is 1. The molecule has 1 aliphatic carbocycles. The fraction of sp³-hybridized carbons (Fsp3) is 0.562. The van der Waals surface area contributed by atoms with Crippen LogP contribution in [0.2, 0.25) is 0 Å². The fourth-order valence-corrected chi connectivity index (χ4v) is 6.50. The highest BCUT2D eigenvalue weighted by Crippen LogP contribution is 2.45. The van der Waals surface area contributed by atoms with E-state index >= 15 is 0 Å². The Morgan fingerprint density at radius 2 is 1.95 bits per heavy atom. The van der Waals surface area contributed by atoms with Crippen molar-refractivity contribution >= 4 is 23.4 Å². The smallest absolute Gasteiger partial charge is 0.317 e. The molecule has 10 heteroatoms. The van der Waals surface area contributed by atoms with Gasteiger partial charge < -0.3 is 14.8 Å². The number of hydrogen-bond acceptors (Lipinski definition) is 8. The minimum absolute atomic E-state index is 0.0802.